The van der Waals surface area contributed by atoms with E-state index >= 15 is 0 Å². The third kappa shape index (κ3) is 1.42. The van der Waals surface area contributed by atoms with Crippen LogP contribution in [0.5, 0.6) is 11.5 Å². The summed E-state index contributed by atoms with van der Waals surface area (Å²) in [5, 5.41) is 2.20. The highest BCUT2D eigenvalue weighted by atomic mass is 16.7. The molecule has 2 heterocycles. The van der Waals surface area contributed by atoms with Crippen molar-refractivity contribution in [3.63, 3.8) is 0 Å². The maximum atomic E-state index is 5.32. The molecule has 0 radical (unpaired) electrons. The number of allylic oxidation sites excluding steroid dienone is 1. The third-order valence-electron chi connectivity index (χ3n) is 2.37. The molecular formula is C12H9NO2. The van der Waals surface area contributed by atoms with E-state index in [9.17, 15) is 0 Å². The van der Waals surface area contributed by atoms with Gasteiger partial charge in [-0.3, -0.25) is 4.99 Å². The van der Waals surface area contributed by atoms with Crippen molar-refractivity contribution in [1.29, 1.82) is 0 Å². The van der Waals surface area contributed by atoms with E-state index in [0.717, 1.165) is 21.9 Å². The number of hydrogen-bond acceptors (Lipinski definition) is 3. The quantitative estimate of drug-likeness (QED) is 0.611. The van der Waals surface area contributed by atoms with E-state index in [-0.39, 0.29) is 0 Å². The third-order valence-corrected chi connectivity index (χ3v) is 2.37. The zero-order valence-corrected chi connectivity index (χ0v) is 8.01. The Morgan fingerprint density at radius 2 is 1.73 bits per heavy atom. The SMILES string of the molecule is C1=C\N=C/C=c2/cc3c(c/c2=C/1)OCO3. The van der Waals surface area contributed by atoms with Crippen LogP contribution in [0.25, 0.3) is 12.2 Å². The van der Waals surface area contributed by atoms with Crippen LogP contribution in [0.1, 0.15) is 0 Å². The summed E-state index contributed by atoms with van der Waals surface area (Å²) in [5.74, 6) is 1.61. The molecule has 1 aromatic rings. The maximum absolute atomic E-state index is 5.32. The molecule has 0 bridgehead atoms. The van der Waals surface area contributed by atoms with Crippen LogP contribution in [-0.4, -0.2) is 13.0 Å². The summed E-state index contributed by atoms with van der Waals surface area (Å²) in [6.07, 6.45) is 9.39. The highest BCUT2D eigenvalue weighted by molar-refractivity contribution is 5.91. The van der Waals surface area contributed by atoms with Gasteiger partial charge in [-0.15, -0.1) is 0 Å². The fraction of sp³-hybridized carbons (Fsp3) is 0.0833. The monoisotopic (exact) mass is 199 g/mol. The lowest BCUT2D eigenvalue weighted by atomic mass is 10.2. The number of rotatable bonds is 0. The van der Waals surface area contributed by atoms with Crippen LogP contribution in [0, 0.1) is 0 Å². The van der Waals surface area contributed by atoms with E-state index in [1.54, 1.807) is 12.4 Å². The van der Waals surface area contributed by atoms with Gasteiger partial charge in [-0.05, 0) is 34.7 Å². The van der Waals surface area contributed by atoms with Crippen LogP contribution >= 0.6 is 0 Å². The molecule has 3 rings (SSSR count). The van der Waals surface area contributed by atoms with Crippen molar-refractivity contribution in [2.45, 2.75) is 0 Å². The van der Waals surface area contributed by atoms with Crippen molar-refractivity contribution in [2.24, 2.45) is 4.99 Å². The second-order valence-electron chi connectivity index (χ2n) is 3.31. The summed E-state index contributed by atoms with van der Waals surface area (Å²) < 4.78 is 10.6. The van der Waals surface area contributed by atoms with E-state index in [1.165, 1.54) is 0 Å². The van der Waals surface area contributed by atoms with Crippen molar-refractivity contribution in [3.8, 4) is 11.5 Å². The fourth-order valence-corrected chi connectivity index (χ4v) is 1.63. The van der Waals surface area contributed by atoms with Gasteiger partial charge in [0.05, 0.1) is 0 Å². The van der Waals surface area contributed by atoms with Crippen LogP contribution in [0.15, 0.2) is 29.4 Å². The van der Waals surface area contributed by atoms with Crippen LogP contribution < -0.4 is 19.9 Å². The largest absolute Gasteiger partial charge is 0.454 e. The normalized spacial score (nSPS) is 24.8. The minimum Gasteiger partial charge on any atom is -0.454 e. The fourth-order valence-electron chi connectivity index (χ4n) is 1.63. The standard InChI is InChI=1S/C12H9NO2/c1-2-9-6-11-12(15-8-14-11)7-10(9)3-5-13-4-1/h1-7H,8H2/b2-1?,4-1-,5-3?,9-2-,10-3-,13-4?,13-5-. The molecule has 15 heavy (non-hydrogen) atoms. The van der Waals surface area contributed by atoms with Crippen molar-refractivity contribution in [3.05, 3.63) is 34.8 Å². The first kappa shape index (κ1) is 8.29. The average Bonchev–Trinajstić information content (AvgIpc) is 2.64. The Morgan fingerprint density at radius 1 is 1.00 bits per heavy atom. The van der Waals surface area contributed by atoms with E-state index in [1.807, 2.05) is 30.4 Å². The van der Waals surface area contributed by atoms with Crippen molar-refractivity contribution >= 4 is 18.4 Å². The van der Waals surface area contributed by atoms with E-state index in [2.05, 4.69) is 4.99 Å². The zero-order chi connectivity index (χ0) is 10.1. The van der Waals surface area contributed by atoms with Gasteiger partial charge in [0.15, 0.2) is 11.5 Å². The highest BCUT2D eigenvalue weighted by Gasteiger charge is 2.12. The summed E-state index contributed by atoms with van der Waals surface area (Å²) in [5.41, 5.74) is 0. The Balaban J connectivity index is 2.33. The Hall–Kier alpha value is -2.03. The molecule has 0 aliphatic carbocycles. The molecule has 74 valence electrons. The van der Waals surface area contributed by atoms with Crippen LogP contribution in [0.2, 0.25) is 0 Å². The van der Waals surface area contributed by atoms with Gasteiger partial charge in [0.25, 0.3) is 0 Å². The topological polar surface area (TPSA) is 30.8 Å². The molecule has 0 N–H and O–H groups in total. The van der Waals surface area contributed by atoms with Gasteiger partial charge in [-0.1, -0.05) is 6.08 Å². The van der Waals surface area contributed by atoms with Gasteiger partial charge in [-0.25, -0.2) is 0 Å². The van der Waals surface area contributed by atoms with Gasteiger partial charge in [-0.2, -0.15) is 0 Å². The van der Waals surface area contributed by atoms with Gasteiger partial charge in [0, 0.05) is 12.4 Å². The predicted molar refractivity (Wildman–Crippen MR) is 58.4 cm³/mol. The molecule has 0 atom stereocenters. The molecule has 0 saturated carbocycles. The van der Waals surface area contributed by atoms with E-state index in [0.29, 0.717) is 6.79 Å². The summed E-state index contributed by atoms with van der Waals surface area (Å²) in [7, 11) is 0. The molecule has 3 heteroatoms. The van der Waals surface area contributed by atoms with Gasteiger partial charge in [0.2, 0.25) is 6.79 Å². The van der Waals surface area contributed by atoms with Crippen molar-refractivity contribution in [1.82, 2.24) is 0 Å². The first-order chi connectivity index (χ1) is 7.43. The lowest BCUT2D eigenvalue weighted by molar-refractivity contribution is 0.174. The molecule has 3 nitrogen and oxygen atoms in total. The number of ether oxygens (including phenoxy) is 2. The van der Waals surface area contributed by atoms with E-state index in [4.69, 9.17) is 9.47 Å². The molecule has 0 unspecified atom stereocenters. The Bertz CT molecular complexity index is 519. The molecule has 0 aromatic heterocycles. The van der Waals surface area contributed by atoms with Crippen molar-refractivity contribution < 1.29 is 9.47 Å². The summed E-state index contributed by atoms with van der Waals surface area (Å²) in [6, 6.07) is 3.96. The smallest absolute Gasteiger partial charge is 0.231 e. The molecule has 0 fully saturated rings. The van der Waals surface area contributed by atoms with E-state index < -0.39 is 0 Å². The first-order valence-electron chi connectivity index (χ1n) is 4.73. The van der Waals surface area contributed by atoms with Gasteiger partial charge >= 0.3 is 0 Å². The van der Waals surface area contributed by atoms with Gasteiger partial charge in [0.1, 0.15) is 0 Å². The minimum atomic E-state index is 0.308. The first-order valence-corrected chi connectivity index (χ1v) is 4.73. The molecule has 0 saturated heterocycles. The number of nitrogens with zero attached hydrogens (tertiary/aromatic N) is 1. The second-order valence-corrected chi connectivity index (χ2v) is 3.31. The number of aliphatic imine (C=N–C) groups is 1. The van der Waals surface area contributed by atoms with Gasteiger partial charge < -0.3 is 9.47 Å². The average molecular weight is 199 g/mol. The van der Waals surface area contributed by atoms with Crippen LogP contribution in [0.3, 0.4) is 0 Å². The predicted octanol–water partition coefficient (Wildman–Crippen LogP) is 0.574. The molecule has 0 spiro atoms. The van der Waals surface area contributed by atoms with Crippen LogP contribution in [-0.2, 0) is 0 Å². The summed E-state index contributed by atoms with van der Waals surface area (Å²) in [4.78, 5) is 4.06. The summed E-state index contributed by atoms with van der Waals surface area (Å²) >= 11 is 0. The Kier molecular flexibility index (Phi) is 1.81. The zero-order valence-electron chi connectivity index (χ0n) is 8.01. The summed E-state index contributed by atoms with van der Waals surface area (Å²) in [6.45, 7) is 0.308. The molecular weight excluding hydrogens is 190 g/mol. The molecule has 0 amide bonds. The maximum Gasteiger partial charge on any atom is 0.231 e. The minimum absolute atomic E-state index is 0.308. The highest BCUT2D eigenvalue weighted by Crippen LogP contribution is 2.27. The van der Waals surface area contributed by atoms with Crippen LogP contribution in [0.4, 0.5) is 0 Å². The molecule has 2 aliphatic heterocycles. The van der Waals surface area contributed by atoms with Crippen molar-refractivity contribution in [2.75, 3.05) is 6.79 Å². The molecule has 1 aromatic carbocycles. The number of hydrogen-bond donors (Lipinski definition) is 0. The number of benzene rings is 1. The lowest BCUT2D eigenvalue weighted by Gasteiger charge is -1.96. The lowest BCUT2D eigenvalue weighted by Crippen LogP contribution is -2.24. The molecule has 2 aliphatic rings. The second kappa shape index (κ2) is 3.28. The Labute approximate surface area is 86.7 Å². The Morgan fingerprint density at radius 3 is 2.53 bits per heavy atom. The number of fused-ring (bicyclic) bond motifs is 2.